The van der Waals surface area contributed by atoms with Crippen LogP contribution in [0.5, 0.6) is 0 Å². The van der Waals surface area contributed by atoms with E-state index in [-0.39, 0.29) is 11.9 Å². The molecule has 0 aromatic heterocycles. The molecule has 2 heterocycles. The van der Waals surface area contributed by atoms with E-state index in [0.717, 1.165) is 44.8 Å². The lowest BCUT2D eigenvalue weighted by Gasteiger charge is -2.34. The minimum atomic E-state index is -0.171. The minimum Gasteiger partial charge on any atom is -0.465 e. The van der Waals surface area contributed by atoms with Crippen LogP contribution in [-0.4, -0.2) is 74.1 Å². The molecule has 1 saturated heterocycles. The molecule has 130 valence electrons. The largest absolute Gasteiger partial charge is 0.465 e. The molecule has 1 fully saturated rings. The zero-order chi connectivity index (χ0) is 16.9. The van der Waals surface area contributed by atoms with Gasteiger partial charge in [0.15, 0.2) is 0 Å². The summed E-state index contributed by atoms with van der Waals surface area (Å²) < 4.78 is 4.98. The summed E-state index contributed by atoms with van der Waals surface area (Å²) in [5.41, 5.74) is 2.31. The van der Waals surface area contributed by atoms with Gasteiger partial charge in [0.05, 0.1) is 19.7 Å². The van der Waals surface area contributed by atoms with Crippen LogP contribution in [0.3, 0.4) is 0 Å². The first-order chi connectivity index (χ1) is 11.7. The predicted octanol–water partition coefficient (Wildman–Crippen LogP) is 0.756. The smallest absolute Gasteiger partial charge is 0.320 e. The highest BCUT2D eigenvalue weighted by Crippen LogP contribution is 2.27. The number of fused-ring (bicyclic) bond motifs is 1. The summed E-state index contributed by atoms with van der Waals surface area (Å²) in [5, 5.41) is 0. The van der Waals surface area contributed by atoms with Crippen LogP contribution in [0.15, 0.2) is 24.3 Å². The van der Waals surface area contributed by atoms with Crippen LogP contribution in [0.2, 0.25) is 0 Å². The van der Waals surface area contributed by atoms with E-state index in [2.05, 4.69) is 15.9 Å². The molecule has 1 aromatic rings. The van der Waals surface area contributed by atoms with Crippen LogP contribution >= 0.6 is 0 Å². The second kappa shape index (κ2) is 7.77. The lowest BCUT2D eigenvalue weighted by atomic mass is 10.2. The molecule has 6 nitrogen and oxygen atoms in total. The van der Waals surface area contributed by atoms with E-state index in [1.165, 1.54) is 5.56 Å². The Morgan fingerprint density at radius 3 is 2.38 bits per heavy atom. The van der Waals surface area contributed by atoms with Crippen molar-refractivity contribution in [3.05, 3.63) is 29.8 Å². The topological polar surface area (TPSA) is 53.1 Å². The fraction of sp³-hybridized carbons (Fsp3) is 0.556. The molecule has 1 amide bonds. The van der Waals surface area contributed by atoms with Gasteiger partial charge in [0.2, 0.25) is 5.91 Å². The number of amides is 1. The highest BCUT2D eigenvalue weighted by Gasteiger charge is 2.27. The third-order valence-corrected chi connectivity index (χ3v) is 4.67. The molecule has 0 unspecified atom stereocenters. The van der Waals surface area contributed by atoms with Gasteiger partial charge in [-0.1, -0.05) is 18.2 Å². The second-order valence-corrected chi connectivity index (χ2v) is 6.28. The van der Waals surface area contributed by atoms with Gasteiger partial charge in [-0.3, -0.25) is 19.4 Å². The molecule has 6 heteroatoms. The number of para-hydroxylation sites is 1. The Morgan fingerprint density at radius 2 is 1.67 bits per heavy atom. The molecule has 2 aliphatic heterocycles. The lowest BCUT2D eigenvalue weighted by molar-refractivity contribution is -0.145. The zero-order valence-electron chi connectivity index (χ0n) is 14.2. The van der Waals surface area contributed by atoms with Crippen molar-refractivity contribution < 1.29 is 14.3 Å². The van der Waals surface area contributed by atoms with E-state index in [1.807, 2.05) is 30.0 Å². The van der Waals surface area contributed by atoms with Crippen LogP contribution in [0.4, 0.5) is 5.69 Å². The highest BCUT2D eigenvalue weighted by molar-refractivity contribution is 5.96. The number of hydrogen-bond donors (Lipinski definition) is 0. The fourth-order valence-electron chi connectivity index (χ4n) is 3.37. The van der Waals surface area contributed by atoms with Crippen LogP contribution in [0, 0.1) is 0 Å². The summed E-state index contributed by atoms with van der Waals surface area (Å²) in [7, 11) is 0. The molecule has 0 atom stereocenters. The monoisotopic (exact) mass is 331 g/mol. The number of carbonyl (C=O) groups excluding carboxylic acids is 2. The van der Waals surface area contributed by atoms with Crippen molar-refractivity contribution in [2.45, 2.75) is 13.3 Å². The number of benzene rings is 1. The third kappa shape index (κ3) is 3.94. The Labute approximate surface area is 143 Å². The first kappa shape index (κ1) is 16.9. The molecule has 0 N–H and O–H groups in total. The first-order valence-corrected chi connectivity index (χ1v) is 8.66. The van der Waals surface area contributed by atoms with E-state index in [9.17, 15) is 9.59 Å². The second-order valence-electron chi connectivity index (χ2n) is 6.28. The molecule has 24 heavy (non-hydrogen) atoms. The maximum absolute atomic E-state index is 12.6. The first-order valence-electron chi connectivity index (χ1n) is 8.66. The number of carbonyl (C=O) groups is 2. The summed E-state index contributed by atoms with van der Waals surface area (Å²) in [5.74, 6) is -0.00510. The van der Waals surface area contributed by atoms with Gasteiger partial charge < -0.3 is 9.64 Å². The van der Waals surface area contributed by atoms with Crippen LogP contribution in [-0.2, 0) is 20.7 Å². The van der Waals surface area contributed by atoms with Gasteiger partial charge in [-0.25, -0.2) is 0 Å². The van der Waals surface area contributed by atoms with Crippen LogP contribution in [0.25, 0.3) is 0 Å². The van der Waals surface area contributed by atoms with Crippen molar-refractivity contribution in [3.8, 4) is 0 Å². The summed E-state index contributed by atoms with van der Waals surface area (Å²) in [4.78, 5) is 30.3. The predicted molar refractivity (Wildman–Crippen MR) is 92.0 cm³/mol. The third-order valence-electron chi connectivity index (χ3n) is 4.67. The summed E-state index contributed by atoms with van der Waals surface area (Å²) in [6, 6.07) is 8.13. The van der Waals surface area contributed by atoms with Crippen molar-refractivity contribution in [1.82, 2.24) is 9.80 Å². The van der Waals surface area contributed by atoms with E-state index >= 15 is 0 Å². The fourth-order valence-corrected chi connectivity index (χ4v) is 3.37. The summed E-state index contributed by atoms with van der Waals surface area (Å²) >= 11 is 0. The normalized spacial score (nSPS) is 18.5. The van der Waals surface area contributed by atoms with E-state index < -0.39 is 0 Å². The average molecular weight is 331 g/mol. The van der Waals surface area contributed by atoms with E-state index in [4.69, 9.17) is 4.74 Å². The maximum atomic E-state index is 12.6. The Hall–Kier alpha value is -1.92. The van der Waals surface area contributed by atoms with Crippen molar-refractivity contribution in [2.75, 3.05) is 57.3 Å². The molecule has 0 saturated carbocycles. The molecule has 0 bridgehead atoms. The van der Waals surface area contributed by atoms with Gasteiger partial charge in [-0.2, -0.15) is 0 Å². The minimum absolute atomic E-state index is 0.166. The Kier molecular flexibility index (Phi) is 5.48. The van der Waals surface area contributed by atoms with Crippen LogP contribution < -0.4 is 4.90 Å². The molecule has 0 aliphatic carbocycles. The van der Waals surface area contributed by atoms with Crippen molar-refractivity contribution >= 4 is 17.6 Å². The molecular formula is C18H25N3O3. The number of nitrogens with zero attached hydrogens (tertiary/aromatic N) is 3. The van der Waals surface area contributed by atoms with E-state index in [0.29, 0.717) is 19.7 Å². The van der Waals surface area contributed by atoms with Gasteiger partial charge in [0.25, 0.3) is 0 Å². The number of piperazine rings is 1. The molecular weight excluding hydrogens is 306 g/mol. The molecule has 1 aromatic carbocycles. The standard InChI is InChI=1S/C18H25N3O3/c1-2-24-18(23)14-20-11-9-19(10-12-20)13-17(22)21-8-7-15-5-3-4-6-16(15)21/h3-6H,2,7-14H2,1H3. The molecule has 0 radical (unpaired) electrons. The Morgan fingerprint density at radius 1 is 1.00 bits per heavy atom. The number of rotatable bonds is 5. The molecule has 3 rings (SSSR count). The van der Waals surface area contributed by atoms with Gasteiger partial charge in [-0.05, 0) is 25.0 Å². The zero-order valence-corrected chi connectivity index (χ0v) is 14.2. The van der Waals surface area contributed by atoms with Gasteiger partial charge in [0.1, 0.15) is 0 Å². The van der Waals surface area contributed by atoms with E-state index in [1.54, 1.807) is 0 Å². The number of hydrogen-bond acceptors (Lipinski definition) is 5. The van der Waals surface area contributed by atoms with Gasteiger partial charge in [-0.15, -0.1) is 0 Å². The summed E-state index contributed by atoms with van der Waals surface area (Å²) in [6.07, 6.45) is 0.940. The van der Waals surface area contributed by atoms with Crippen molar-refractivity contribution in [1.29, 1.82) is 0 Å². The van der Waals surface area contributed by atoms with Crippen molar-refractivity contribution in [3.63, 3.8) is 0 Å². The number of anilines is 1. The highest BCUT2D eigenvalue weighted by atomic mass is 16.5. The van der Waals surface area contributed by atoms with Gasteiger partial charge in [0, 0.05) is 38.4 Å². The average Bonchev–Trinajstić information content (AvgIpc) is 3.01. The Balaban J connectivity index is 1.47. The SMILES string of the molecule is CCOC(=O)CN1CCN(CC(=O)N2CCc3ccccc32)CC1. The quantitative estimate of drug-likeness (QED) is 0.746. The number of esters is 1. The molecule has 2 aliphatic rings. The number of ether oxygens (including phenoxy) is 1. The Bertz CT molecular complexity index is 597. The van der Waals surface area contributed by atoms with Gasteiger partial charge >= 0.3 is 5.97 Å². The summed E-state index contributed by atoms with van der Waals surface area (Å²) in [6.45, 7) is 7.01. The maximum Gasteiger partial charge on any atom is 0.320 e. The van der Waals surface area contributed by atoms with Crippen LogP contribution in [0.1, 0.15) is 12.5 Å². The van der Waals surface area contributed by atoms with Crippen molar-refractivity contribution in [2.24, 2.45) is 0 Å². The molecule has 0 spiro atoms. The lowest BCUT2D eigenvalue weighted by Crippen LogP contribution is -2.51.